The van der Waals surface area contributed by atoms with Crippen molar-refractivity contribution >= 4 is 33.8 Å². The fourth-order valence-corrected chi connectivity index (χ4v) is 1.98. The maximum absolute atomic E-state index is 10.1. The number of hydrogen-bond acceptors (Lipinski definition) is 1. The summed E-state index contributed by atoms with van der Waals surface area (Å²) < 4.78 is 1.02. The highest BCUT2D eigenvalue weighted by Crippen LogP contribution is 2.22. The summed E-state index contributed by atoms with van der Waals surface area (Å²) in [7, 11) is 0. The van der Waals surface area contributed by atoms with Gasteiger partial charge in [-0.1, -0.05) is 33.6 Å². The molecule has 3 heteroatoms. The third-order valence-electron chi connectivity index (χ3n) is 1.78. The zero-order valence-electron chi connectivity index (χ0n) is 7.09. The van der Waals surface area contributed by atoms with Crippen molar-refractivity contribution < 1.29 is 4.79 Å². The summed E-state index contributed by atoms with van der Waals surface area (Å²) >= 11 is 9.22. The lowest BCUT2D eigenvalue weighted by atomic mass is 10.1. The van der Waals surface area contributed by atoms with Gasteiger partial charge in [0.1, 0.15) is 6.29 Å². The molecule has 1 aromatic rings. The predicted molar refractivity (Wildman–Crippen MR) is 58.2 cm³/mol. The first kappa shape index (κ1) is 10.7. The lowest BCUT2D eigenvalue weighted by Gasteiger charge is -2.02. The molecule has 13 heavy (non-hydrogen) atoms. The largest absolute Gasteiger partial charge is 0.303 e. The Balaban J connectivity index is 2.61. The first-order chi connectivity index (χ1) is 6.24. The average molecular weight is 262 g/mol. The first-order valence-corrected chi connectivity index (χ1v) is 5.28. The Morgan fingerprint density at radius 1 is 1.46 bits per heavy atom. The van der Waals surface area contributed by atoms with Gasteiger partial charge in [0, 0.05) is 15.9 Å². The fraction of sp³-hybridized carbons (Fsp3) is 0.300. The smallest absolute Gasteiger partial charge is 0.120 e. The lowest BCUT2D eigenvalue weighted by molar-refractivity contribution is -0.107. The molecule has 0 fully saturated rings. The highest BCUT2D eigenvalue weighted by molar-refractivity contribution is 9.10. The molecule has 0 heterocycles. The molecule has 0 aliphatic heterocycles. The van der Waals surface area contributed by atoms with Crippen LogP contribution in [0, 0.1) is 0 Å². The molecule has 0 aliphatic rings. The number of halogens is 2. The van der Waals surface area contributed by atoms with E-state index in [-0.39, 0.29) is 0 Å². The van der Waals surface area contributed by atoms with Crippen molar-refractivity contribution in [3.63, 3.8) is 0 Å². The number of benzene rings is 1. The van der Waals surface area contributed by atoms with Gasteiger partial charge >= 0.3 is 0 Å². The molecule has 0 amide bonds. The Bertz CT molecular complexity index is 299. The SMILES string of the molecule is O=CCCCc1ccc(Cl)cc1Br. The van der Waals surface area contributed by atoms with Crippen molar-refractivity contribution in [3.8, 4) is 0 Å². The van der Waals surface area contributed by atoms with E-state index in [1.54, 1.807) is 0 Å². The van der Waals surface area contributed by atoms with Crippen molar-refractivity contribution in [1.29, 1.82) is 0 Å². The Morgan fingerprint density at radius 2 is 2.23 bits per heavy atom. The standard InChI is InChI=1S/C10H10BrClO/c11-10-7-9(12)5-4-8(10)3-1-2-6-13/h4-7H,1-3H2. The average Bonchev–Trinajstić information content (AvgIpc) is 2.09. The molecule has 1 rings (SSSR count). The molecular weight excluding hydrogens is 251 g/mol. The van der Waals surface area contributed by atoms with Gasteiger partial charge in [-0.3, -0.25) is 0 Å². The van der Waals surface area contributed by atoms with Gasteiger partial charge in [0.05, 0.1) is 0 Å². The van der Waals surface area contributed by atoms with E-state index in [9.17, 15) is 4.79 Å². The number of carbonyl (C=O) groups is 1. The molecule has 0 atom stereocenters. The summed E-state index contributed by atoms with van der Waals surface area (Å²) in [6, 6.07) is 5.72. The molecular formula is C10H10BrClO. The quantitative estimate of drug-likeness (QED) is 0.597. The third-order valence-corrected chi connectivity index (χ3v) is 2.76. The number of unbranched alkanes of at least 4 members (excludes halogenated alkanes) is 1. The molecule has 1 nitrogen and oxygen atoms in total. The normalized spacial score (nSPS) is 10.0. The highest BCUT2D eigenvalue weighted by Gasteiger charge is 1.99. The van der Waals surface area contributed by atoms with Crippen molar-refractivity contribution in [2.45, 2.75) is 19.3 Å². The van der Waals surface area contributed by atoms with E-state index < -0.39 is 0 Å². The summed E-state index contributed by atoms with van der Waals surface area (Å²) in [5, 5.41) is 0.728. The van der Waals surface area contributed by atoms with Gasteiger partial charge in [-0.15, -0.1) is 0 Å². The van der Waals surface area contributed by atoms with Crippen LogP contribution in [0.5, 0.6) is 0 Å². The minimum Gasteiger partial charge on any atom is -0.303 e. The van der Waals surface area contributed by atoms with Crippen molar-refractivity contribution in [1.82, 2.24) is 0 Å². The fourth-order valence-electron chi connectivity index (χ4n) is 1.10. The topological polar surface area (TPSA) is 17.1 Å². The molecule has 1 aromatic carbocycles. The second-order valence-corrected chi connectivity index (χ2v) is 4.09. The molecule has 0 saturated carbocycles. The number of aldehydes is 1. The second kappa shape index (κ2) is 5.40. The molecule has 70 valence electrons. The van der Waals surface area contributed by atoms with Gasteiger partial charge < -0.3 is 4.79 Å². The third kappa shape index (κ3) is 3.49. The van der Waals surface area contributed by atoms with Crippen LogP contribution < -0.4 is 0 Å². The Kier molecular flexibility index (Phi) is 4.46. The van der Waals surface area contributed by atoms with Crippen LogP contribution in [0.2, 0.25) is 5.02 Å². The molecule has 0 radical (unpaired) electrons. The van der Waals surface area contributed by atoms with Crippen LogP contribution in [0.25, 0.3) is 0 Å². The van der Waals surface area contributed by atoms with Crippen LogP contribution in [-0.2, 0) is 11.2 Å². The number of rotatable bonds is 4. The zero-order chi connectivity index (χ0) is 9.68. The summed E-state index contributed by atoms with van der Waals surface area (Å²) in [6.07, 6.45) is 3.37. The van der Waals surface area contributed by atoms with Gasteiger partial charge in [-0.25, -0.2) is 0 Å². The number of aryl methyl sites for hydroxylation is 1. The van der Waals surface area contributed by atoms with Gasteiger partial charge in [0.2, 0.25) is 0 Å². The summed E-state index contributed by atoms with van der Waals surface area (Å²) in [6.45, 7) is 0. The van der Waals surface area contributed by atoms with E-state index >= 15 is 0 Å². The summed E-state index contributed by atoms with van der Waals surface area (Å²) in [5.74, 6) is 0. The molecule has 0 spiro atoms. The van der Waals surface area contributed by atoms with E-state index in [4.69, 9.17) is 11.6 Å². The monoisotopic (exact) mass is 260 g/mol. The summed E-state index contributed by atoms with van der Waals surface area (Å²) in [4.78, 5) is 10.1. The van der Waals surface area contributed by atoms with E-state index in [2.05, 4.69) is 15.9 Å². The van der Waals surface area contributed by atoms with E-state index in [1.165, 1.54) is 5.56 Å². The minimum absolute atomic E-state index is 0.620. The van der Waals surface area contributed by atoms with Gasteiger partial charge in [0.15, 0.2) is 0 Å². The maximum atomic E-state index is 10.1. The minimum atomic E-state index is 0.620. The first-order valence-electron chi connectivity index (χ1n) is 4.11. The molecule has 0 aliphatic carbocycles. The van der Waals surface area contributed by atoms with Gasteiger partial charge in [-0.2, -0.15) is 0 Å². The van der Waals surface area contributed by atoms with E-state index in [0.29, 0.717) is 6.42 Å². The van der Waals surface area contributed by atoms with Crippen LogP contribution in [0.15, 0.2) is 22.7 Å². The van der Waals surface area contributed by atoms with Crippen molar-refractivity contribution in [3.05, 3.63) is 33.3 Å². The molecule has 0 unspecified atom stereocenters. The molecule has 0 N–H and O–H groups in total. The van der Waals surface area contributed by atoms with Gasteiger partial charge in [-0.05, 0) is 30.5 Å². The lowest BCUT2D eigenvalue weighted by Crippen LogP contribution is -1.87. The zero-order valence-corrected chi connectivity index (χ0v) is 9.44. The van der Waals surface area contributed by atoms with Crippen LogP contribution in [0.3, 0.4) is 0 Å². The van der Waals surface area contributed by atoms with Crippen molar-refractivity contribution in [2.75, 3.05) is 0 Å². The predicted octanol–water partition coefficient (Wildman–Crippen LogP) is 3.62. The van der Waals surface area contributed by atoms with Crippen LogP contribution >= 0.6 is 27.5 Å². The molecule has 0 aromatic heterocycles. The Hall–Kier alpha value is -0.340. The highest BCUT2D eigenvalue weighted by atomic mass is 79.9. The number of hydrogen-bond donors (Lipinski definition) is 0. The Morgan fingerprint density at radius 3 is 2.85 bits per heavy atom. The molecule has 0 bridgehead atoms. The summed E-state index contributed by atoms with van der Waals surface area (Å²) in [5.41, 5.74) is 1.20. The van der Waals surface area contributed by atoms with Crippen LogP contribution in [0.4, 0.5) is 0 Å². The van der Waals surface area contributed by atoms with Crippen LogP contribution in [0.1, 0.15) is 18.4 Å². The number of carbonyl (C=O) groups excluding carboxylic acids is 1. The van der Waals surface area contributed by atoms with Gasteiger partial charge in [0.25, 0.3) is 0 Å². The van der Waals surface area contributed by atoms with E-state index in [0.717, 1.165) is 28.6 Å². The Labute approximate surface area is 91.2 Å². The van der Waals surface area contributed by atoms with Crippen LogP contribution in [-0.4, -0.2) is 6.29 Å². The molecule has 0 saturated heterocycles. The van der Waals surface area contributed by atoms with E-state index in [1.807, 2.05) is 18.2 Å². The maximum Gasteiger partial charge on any atom is 0.120 e. The van der Waals surface area contributed by atoms with Crippen molar-refractivity contribution in [2.24, 2.45) is 0 Å². The second-order valence-electron chi connectivity index (χ2n) is 2.79.